The molecule has 172 valence electrons. The molecule has 0 aliphatic carbocycles. The van der Waals surface area contributed by atoms with E-state index in [0.717, 1.165) is 29.1 Å². The van der Waals surface area contributed by atoms with Crippen LogP contribution >= 0.6 is 0 Å². The van der Waals surface area contributed by atoms with Crippen LogP contribution in [0.15, 0.2) is 40.9 Å². The number of aromatic nitrogens is 2. The minimum Gasteiger partial charge on any atom is -0.493 e. The molecule has 5 rings (SSSR count). The van der Waals surface area contributed by atoms with E-state index in [4.69, 9.17) is 23.6 Å². The SMILES string of the molecule is COc1cc(-c2nc(CN(Cc3ccccn3)C[C@@H]3CCC(=O)N3)c(C)o2)cc2c1OCO2. The number of nitrogens with zero attached hydrogens (tertiary/aromatic N) is 3. The van der Waals surface area contributed by atoms with Crippen LogP contribution in [-0.2, 0) is 17.9 Å². The van der Waals surface area contributed by atoms with Gasteiger partial charge in [0.1, 0.15) is 5.76 Å². The van der Waals surface area contributed by atoms with Crippen molar-refractivity contribution in [2.75, 3.05) is 20.4 Å². The quantitative estimate of drug-likeness (QED) is 0.559. The number of pyridine rings is 1. The Morgan fingerprint density at radius 3 is 2.91 bits per heavy atom. The number of amides is 1. The molecule has 9 nitrogen and oxygen atoms in total. The van der Waals surface area contributed by atoms with E-state index in [1.165, 1.54) is 0 Å². The number of ether oxygens (including phenoxy) is 3. The molecular weight excluding hydrogens is 424 g/mol. The minimum atomic E-state index is 0.106. The van der Waals surface area contributed by atoms with Gasteiger partial charge in [0.15, 0.2) is 11.5 Å². The molecule has 4 heterocycles. The highest BCUT2D eigenvalue weighted by atomic mass is 16.7. The van der Waals surface area contributed by atoms with Gasteiger partial charge in [-0.15, -0.1) is 0 Å². The zero-order valence-corrected chi connectivity index (χ0v) is 18.7. The third kappa shape index (κ3) is 4.63. The summed E-state index contributed by atoms with van der Waals surface area (Å²) in [6.45, 7) is 3.99. The van der Waals surface area contributed by atoms with Gasteiger partial charge in [0.2, 0.25) is 24.3 Å². The molecule has 1 atom stereocenters. The van der Waals surface area contributed by atoms with Gasteiger partial charge >= 0.3 is 0 Å². The zero-order valence-electron chi connectivity index (χ0n) is 18.7. The summed E-state index contributed by atoms with van der Waals surface area (Å²) < 4.78 is 22.5. The van der Waals surface area contributed by atoms with Gasteiger partial charge in [-0.25, -0.2) is 4.98 Å². The minimum absolute atomic E-state index is 0.106. The molecule has 1 amide bonds. The van der Waals surface area contributed by atoms with Crippen LogP contribution in [-0.4, -0.2) is 47.3 Å². The second kappa shape index (κ2) is 9.11. The van der Waals surface area contributed by atoms with Crippen LogP contribution in [0.4, 0.5) is 0 Å². The number of nitrogens with one attached hydrogen (secondary N) is 1. The summed E-state index contributed by atoms with van der Waals surface area (Å²) in [6, 6.07) is 9.68. The van der Waals surface area contributed by atoms with Crippen LogP contribution in [0.25, 0.3) is 11.5 Å². The number of rotatable bonds is 8. The number of methoxy groups -OCH3 is 1. The molecule has 1 fully saturated rings. The predicted octanol–water partition coefficient (Wildman–Crippen LogP) is 3.06. The number of hydrogen-bond donors (Lipinski definition) is 1. The van der Waals surface area contributed by atoms with Crippen LogP contribution in [0.1, 0.15) is 30.0 Å². The molecule has 3 aromatic rings. The van der Waals surface area contributed by atoms with Crippen molar-refractivity contribution in [3.8, 4) is 28.7 Å². The first kappa shape index (κ1) is 21.3. The van der Waals surface area contributed by atoms with Gasteiger partial charge in [0.25, 0.3) is 0 Å². The number of benzene rings is 1. The van der Waals surface area contributed by atoms with Crippen molar-refractivity contribution in [3.63, 3.8) is 0 Å². The summed E-state index contributed by atoms with van der Waals surface area (Å²) in [5.74, 6) is 3.11. The maximum Gasteiger partial charge on any atom is 0.231 e. The summed E-state index contributed by atoms with van der Waals surface area (Å²) in [7, 11) is 1.59. The van der Waals surface area contributed by atoms with Gasteiger partial charge in [-0.3, -0.25) is 14.7 Å². The smallest absolute Gasteiger partial charge is 0.231 e. The molecule has 33 heavy (non-hydrogen) atoms. The molecule has 1 aromatic carbocycles. The van der Waals surface area contributed by atoms with Crippen molar-refractivity contribution in [2.24, 2.45) is 0 Å². The number of carbonyl (C=O) groups is 1. The summed E-state index contributed by atoms with van der Waals surface area (Å²) in [5, 5.41) is 3.05. The van der Waals surface area contributed by atoms with Gasteiger partial charge in [-0.1, -0.05) is 6.07 Å². The van der Waals surface area contributed by atoms with Crippen LogP contribution in [0.3, 0.4) is 0 Å². The monoisotopic (exact) mass is 450 g/mol. The number of fused-ring (bicyclic) bond motifs is 1. The second-order valence-electron chi connectivity index (χ2n) is 8.23. The van der Waals surface area contributed by atoms with Crippen LogP contribution in [0.5, 0.6) is 17.2 Å². The maximum absolute atomic E-state index is 11.7. The average molecular weight is 450 g/mol. The Labute approximate surface area is 191 Å². The first-order valence-corrected chi connectivity index (χ1v) is 10.9. The van der Waals surface area contributed by atoms with Gasteiger partial charge < -0.3 is 23.9 Å². The highest BCUT2D eigenvalue weighted by molar-refractivity contribution is 5.78. The molecule has 2 aromatic heterocycles. The number of aryl methyl sites for hydroxylation is 1. The van der Waals surface area contributed by atoms with E-state index in [0.29, 0.717) is 49.2 Å². The van der Waals surface area contributed by atoms with Crippen molar-refractivity contribution in [1.82, 2.24) is 20.2 Å². The van der Waals surface area contributed by atoms with E-state index in [1.807, 2.05) is 37.3 Å². The normalized spacial score (nSPS) is 16.9. The Morgan fingerprint density at radius 1 is 1.24 bits per heavy atom. The second-order valence-corrected chi connectivity index (χ2v) is 8.23. The highest BCUT2D eigenvalue weighted by Crippen LogP contribution is 2.44. The van der Waals surface area contributed by atoms with Crippen LogP contribution < -0.4 is 19.5 Å². The molecule has 0 saturated carbocycles. The van der Waals surface area contributed by atoms with E-state index in [1.54, 1.807) is 13.3 Å². The third-order valence-electron chi connectivity index (χ3n) is 5.85. The van der Waals surface area contributed by atoms with Crippen molar-refractivity contribution < 1.29 is 23.4 Å². The standard InChI is InChI=1S/C24H26N4O5/c1-15-19(27-24(33-15)16-9-20(30-2)23-21(10-16)31-14-32-23)13-28(11-17-5-3-4-8-25-17)12-18-6-7-22(29)26-18/h3-5,8-10,18H,6-7,11-14H2,1-2H3,(H,26,29)/t18-/m0/s1. The predicted molar refractivity (Wildman–Crippen MR) is 119 cm³/mol. The lowest BCUT2D eigenvalue weighted by Gasteiger charge is -2.24. The summed E-state index contributed by atoms with van der Waals surface area (Å²) in [6.07, 6.45) is 3.19. The van der Waals surface area contributed by atoms with Crippen LogP contribution in [0.2, 0.25) is 0 Å². The molecule has 0 radical (unpaired) electrons. The largest absolute Gasteiger partial charge is 0.493 e. The molecule has 2 aliphatic heterocycles. The Hall–Kier alpha value is -3.59. The zero-order chi connectivity index (χ0) is 22.8. The summed E-state index contributed by atoms with van der Waals surface area (Å²) >= 11 is 0. The Kier molecular flexibility index (Phi) is 5.87. The fourth-order valence-electron chi connectivity index (χ4n) is 4.19. The van der Waals surface area contributed by atoms with Crippen molar-refractivity contribution in [1.29, 1.82) is 0 Å². The van der Waals surface area contributed by atoms with Crippen molar-refractivity contribution in [3.05, 3.63) is 53.7 Å². The lowest BCUT2D eigenvalue weighted by atomic mass is 10.2. The number of hydrogen-bond acceptors (Lipinski definition) is 8. The van der Waals surface area contributed by atoms with Crippen molar-refractivity contribution >= 4 is 5.91 Å². The molecule has 2 aliphatic rings. The van der Waals surface area contributed by atoms with E-state index in [2.05, 4.69) is 15.2 Å². The molecule has 9 heteroatoms. The lowest BCUT2D eigenvalue weighted by molar-refractivity contribution is -0.119. The van der Waals surface area contributed by atoms with Gasteiger partial charge in [0.05, 0.1) is 18.5 Å². The Morgan fingerprint density at radius 2 is 2.15 bits per heavy atom. The molecule has 1 N–H and O–H groups in total. The van der Waals surface area contributed by atoms with E-state index >= 15 is 0 Å². The summed E-state index contributed by atoms with van der Waals surface area (Å²) in [4.78, 5) is 23.2. The fraction of sp³-hybridized carbons (Fsp3) is 0.375. The Bertz CT molecular complexity index is 1150. The third-order valence-corrected chi connectivity index (χ3v) is 5.85. The number of oxazole rings is 1. The number of carbonyl (C=O) groups excluding carboxylic acids is 1. The molecule has 0 unspecified atom stereocenters. The average Bonchev–Trinajstić information content (AvgIpc) is 3.54. The maximum atomic E-state index is 11.7. The first-order chi connectivity index (χ1) is 16.1. The molecule has 0 bridgehead atoms. The first-order valence-electron chi connectivity index (χ1n) is 10.9. The Balaban J connectivity index is 1.39. The lowest BCUT2D eigenvalue weighted by Crippen LogP contribution is -2.38. The summed E-state index contributed by atoms with van der Waals surface area (Å²) in [5.41, 5.74) is 2.55. The van der Waals surface area contributed by atoms with Crippen molar-refractivity contribution in [2.45, 2.75) is 38.9 Å². The topological polar surface area (TPSA) is 99.0 Å². The van der Waals surface area contributed by atoms with E-state index < -0.39 is 0 Å². The highest BCUT2D eigenvalue weighted by Gasteiger charge is 2.26. The van der Waals surface area contributed by atoms with Gasteiger partial charge in [-0.2, -0.15) is 0 Å². The molecule has 1 saturated heterocycles. The fourth-order valence-corrected chi connectivity index (χ4v) is 4.19. The van der Waals surface area contributed by atoms with Gasteiger partial charge in [0, 0.05) is 43.9 Å². The van der Waals surface area contributed by atoms with Gasteiger partial charge in [-0.05, 0) is 37.6 Å². The molecule has 0 spiro atoms. The van der Waals surface area contributed by atoms with E-state index in [-0.39, 0.29) is 18.7 Å². The van der Waals surface area contributed by atoms with E-state index in [9.17, 15) is 4.79 Å². The van der Waals surface area contributed by atoms with Crippen LogP contribution in [0, 0.1) is 6.92 Å². The molecular formula is C24H26N4O5.